The highest BCUT2D eigenvalue weighted by molar-refractivity contribution is 8.68. The summed E-state index contributed by atoms with van der Waals surface area (Å²) in [5.41, 5.74) is 0.743. The van der Waals surface area contributed by atoms with Gasteiger partial charge in [0.2, 0.25) is 0 Å². The molecule has 11 heavy (non-hydrogen) atoms. The van der Waals surface area contributed by atoms with E-state index in [0.29, 0.717) is 0 Å². The molecule has 1 nitrogen and oxygen atoms in total. The number of carbonyl (C=O) groups is 1. The zero-order valence-corrected chi connectivity index (χ0v) is 7.78. The van der Waals surface area contributed by atoms with Gasteiger partial charge in [0.05, 0.1) is 0 Å². The molecule has 1 aromatic rings. The van der Waals surface area contributed by atoms with Crippen molar-refractivity contribution in [1.82, 2.24) is 0 Å². The fraction of sp³-hybridized carbons (Fsp3) is 0.125. The van der Waals surface area contributed by atoms with Gasteiger partial charge in [-0.1, -0.05) is 29.0 Å². The fourth-order valence-corrected chi connectivity index (χ4v) is 1.76. The number of hydrogen-bond acceptors (Lipinski definition) is 3. The van der Waals surface area contributed by atoms with Crippen LogP contribution in [0.5, 0.6) is 0 Å². The maximum absolute atomic E-state index is 11.0. The molecule has 0 fully saturated rings. The molecular formula is C8H8OS2. The van der Waals surface area contributed by atoms with Crippen molar-refractivity contribution in [2.75, 3.05) is 0 Å². The Kier molecular flexibility index (Phi) is 3.02. The minimum atomic E-state index is 0.0853. The van der Waals surface area contributed by atoms with Gasteiger partial charge in [0, 0.05) is 10.5 Å². The van der Waals surface area contributed by atoms with Gasteiger partial charge in [-0.25, -0.2) is 0 Å². The van der Waals surface area contributed by atoms with Crippen molar-refractivity contribution < 1.29 is 4.79 Å². The van der Waals surface area contributed by atoms with Gasteiger partial charge in [0.15, 0.2) is 5.78 Å². The second kappa shape index (κ2) is 3.83. The minimum Gasteiger partial charge on any atom is -0.294 e. The average molecular weight is 184 g/mol. The SMILES string of the molecule is CC(=O)c1ccccc1SS. The van der Waals surface area contributed by atoms with Crippen molar-refractivity contribution in [3.63, 3.8) is 0 Å². The maximum Gasteiger partial charge on any atom is 0.160 e. The lowest BCUT2D eigenvalue weighted by Crippen LogP contribution is -1.92. The van der Waals surface area contributed by atoms with Crippen molar-refractivity contribution >= 4 is 28.2 Å². The third kappa shape index (κ3) is 2.01. The molecule has 0 aliphatic heterocycles. The van der Waals surface area contributed by atoms with E-state index >= 15 is 0 Å². The molecule has 0 amide bonds. The molecule has 0 aliphatic rings. The number of rotatable bonds is 2. The Labute approximate surface area is 75.0 Å². The number of thiol groups is 1. The second-order valence-electron chi connectivity index (χ2n) is 2.14. The van der Waals surface area contributed by atoms with Crippen molar-refractivity contribution in [3.05, 3.63) is 29.8 Å². The van der Waals surface area contributed by atoms with E-state index in [9.17, 15) is 4.79 Å². The van der Waals surface area contributed by atoms with Gasteiger partial charge in [0.1, 0.15) is 0 Å². The summed E-state index contributed by atoms with van der Waals surface area (Å²) >= 11 is 4.04. The lowest BCUT2D eigenvalue weighted by Gasteiger charge is -2.00. The summed E-state index contributed by atoms with van der Waals surface area (Å²) in [5, 5.41) is 0. The van der Waals surface area contributed by atoms with Crippen LogP contribution in [0, 0.1) is 0 Å². The van der Waals surface area contributed by atoms with Gasteiger partial charge in [-0.05, 0) is 13.0 Å². The van der Waals surface area contributed by atoms with Crippen molar-refractivity contribution in [2.45, 2.75) is 11.8 Å². The lowest BCUT2D eigenvalue weighted by molar-refractivity contribution is 0.101. The Balaban J connectivity index is 3.12. The van der Waals surface area contributed by atoms with Crippen LogP contribution in [0.2, 0.25) is 0 Å². The molecule has 0 radical (unpaired) electrons. The second-order valence-corrected chi connectivity index (χ2v) is 3.31. The summed E-state index contributed by atoms with van der Waals surface area (Å²) in [5.74, 6) is 0.0853. The van der Waals surface area contributed by atoms with Crippen LogP contribution in [0.25, 0.3) is 0 Å². The Bertz CT molecular complexity index is 271. The van der Waals surface area contributed by atoms with Crippen LogP contribution in [0.15, 0.2) is 29.2 Å². The molecule has 58 valence electrons. The van der Waals surface area contributed by atoms with E-state index in [1.807, 2.05) is 18.2 Å². The first kappa shape index (κ1) is 8.68. The Morgan fingerprint density at radius 2 is 2.09 bits per heavy atom. The van der Waals surface area contributed by atoms with E-state index < -0.39 is 0 Å². The zero-order valence-electron chi connectivity index (χ0n) is 6.07. The van der Waals surface area contributed by atoms with Gasteiger partial charge in [0.25, 0.3) is 0 Å². The highest BCUT2D eigenvalue weighted by Gasteiger charge is 2.03. The number of carbonyl (C=O) groups excluding carboxylic acids is 1. The van der Waals surface area contributed by atoms with E-state index in [2.05, 4.69) is 11.7 Å². The average Bonchev–Trinajstić information content (AvgIpc) is 2.04. The van der Waals surface area contributed by atoms with Crippen LogP contribution in [0.1, 0.15) is 17.3 Å². The van der Waals surface area contributed by atoms with Crippen LogP contribution in [-0.4, -0.2) is 5.78 Å². The summed E-state index contributed by atoms with van der Waals surface area (Å²) in [4.78, 5) is 11.9. The van der Waals surface area contributed by atoms with Crippen molar-refractivity contribution in [1.29, 1.82) is 0 Å². The van der Waals surface area contributed by atoms with E-state index in [1.165, 1.54) is 10.8 Å². The molecule has 1 rings (SSSR count). The summed E-state index contributed by atoms with van der Waals surface area (Å²) < 4.78 is 0. The van der Waals surface area contributed by atoms with E-state index in [0.717, 1.165) is 10.5 Å². The van der Waals surface area contributed by atoms with E-state index in [4.69, 9.17) is 0 Å². The molecule has 1 aromatic carbocycles. The Hall–Kier alpha value is -0.410. The molecule has 0 atom stereocenters. The Morgan fingerprint density at radius 1 is 1.45 bits per heavy atom. The smallest absolute Gasteiger partial charge is 0.160 e. The van der Waals surface area contributed by atoms with Crippen LogP contribution in [0.4, 0.5) is 0 Å². The molecular weight excluding hydrogens is 176 g/mol. The minimum absolute atomic E-state index is 0.0853. The summed E-state index contributed by atoms with van der Waals surface area (Å²) in [7, 11) is 1.30. The normalized spacial score (nSPS) is 9.64. The van der Waals surface area contributed by atoms with Crippen LogP contribution in [-0.2, 0) is 0 Å². The first-order chi connectivity index (χ1) is 5.25. The standard InChI is InChI=1S/C8H8OS2/c1-6(9)7-4-2-3-5-8(7)11-10/h2-5,10H,1H3. The van der Waals surface area contributed by atoms with E-state index in [1.54, 1.807) is 13.0 Å². The van der Waals surface area contributed by atoms with Crippen molar-refractivity contribution in [2.24, 2.45) is 0 Å². The number of hydrogen-bond donors (Lipinski definition) is 1. The molecule has 3 heteroatoms. The summed E-state index contributed by atoms with van der Waals surface area (Å²) in [6, 6.07) is 7.44. The maximum atomic E-state index is 11.0. The third-order valence-electron chi connectivity index (χ3n) is 1.36. The highest BCUT2D eigenvalue weighted by atomic mass is 33.1. The molecule has 0 heterocycles. The van der Waals surface area contributed by atoms with Gasteiger partial charge >= 0.3 is 0 Å². The number of ketones is 1. The molecule has 0 N–H and O–H groups in total. The largest absolute Gasteiger partial charge is 0.294 e. The number of benzene rings is 1. The van der Waals surface area contributed by atoms with Crippen LogP contribution < -0.4 is 0 Å². The fourth-order valence-electron chi connectivity index (χ4n) is 0.837. The molecule has 0 saturated heterocycles. The molecule has 0 saturated carbocycles. The van der Waals surface area contributed by atoms with Crippen LogP contribution >= 0.6 is 22.5 Å². The van der Waals surface area contributed by atoms with Gasteiger partial charge < -0.3 is 0 Å². The quantitative estimate of drug-likeness (QED) is 0.432. The molecule has 0 aromatic heterocycles. The van der Waals surface area contributed by atoms with Gasteiger partial charge in [-0.2, -0.15) is 0 Å². The molecule has 0 aliphatic carbocycles. The monoisotopic (exact) mass is 184 g/mol. The van der Waals surface area contributed by atoms with Crippen molar-refractivity contribution in [3.8, 4) is 0 Å². The Morgan fingerprint density at radius 3 is 2.55 bits per heavy atom. The first-order valence-corrected chi connectivity index (χ1v) is 5.04. The lowest BCUT2D eigenvalue weighted by atomic mass is 10.1. The van der Waals surface area contributed by atoms with Crippen LogP contribution in [0.3, 0.4) is 0 Å². The first-order valence-electron chi connectivity index (χ1n) is 3.17. The molecule has 0 bridgehead atoms. The summed E-state index contributed by atoms with van der Waals surface area (Å²) in [6.45, 7) is 1.56. The predicted octanol–water partition coefficient (Wildman–Crippen LogP) is 2.83. The summed E-state index contributed by atoms with van der Waals surface area (Å²) in [6.07, 6.45) is 0. The highest BCUT2D eigenvalue weighted by Crippen LogP contribution is 2.25. The predicted molar refractivity (Wildman–Crippen MR) is 51.3 cm³/mol. The zero-order chi connectivity index (χ0) is 8.27. The molecule has 0 unspecified atom stereocenters. The van der Waals surface area contributed by atoms with E-state index in [-0.39, 0.29) is 5.78 Å². The number of Topliss-reactive ketones (excluding diaryl/α,β-unsaturated/α-hetero) is 1. The third-order valence-corrected chi connectivity index (χ3v) is 2.51. The topological polar surface area (TPSA) is 17.1 Å². The van der Waals surface area contributed by atoms with Gasteiger partial charge in [-0.3, -0.25) is 4.79 Å². The van der Waals surface area contributed by atoms with Gasteiger partial charge in [-0.15, -0.1) is 11.7 Å². The molecule has 0 spiro atoms.